The Bertz CT molecular complexity index is 1040. The van der Waals surface area contributed by atoms with Gasteiger partial charge >= 0.3 is 0 Å². The molecule has 0 saturated carbocycles. The zero-order chi connectivity index (χ0) is 22.1. The lowest BCUT2D eigenvalue weighted by Gasteiger charge is -2.34. The SMILES string of the molecule is CC(C)(COc1cccc2c1C(N)=NS(O)(O)N2)NC(=O)c1ccnc(C(N)=O)c1. The van der Waals surface area contributed by atoms with Crippen LogP contribution >= 0.6 is 11.0 Å². The van der Waals surface area contributed by atoms with E-state index >= 15 is 0 Å². The van der Waals surface area contributed by atoms with Crippen molar-refractivity contribution in [3.63, 3.8) is 0 Å². The number of nitrogens with zero attached hydrogens (tertiary/aromatic N) is 2. The number of ether oxygens (including phenoxy) is 1. The number of fused-ring (bicyclic) bond motifs is 1. The van der Waals surface area contributed by atoms with Gasteiger partial charge in [0.1, 0.15) is 18.1 Å². The molecule has 1 aliphatic heterocycles. The van der Waals surface area contributed by atoms with Crippen molar-refractivity contribution in [2.24, 2.45) is 15.9 Å². The van der Waals surface area contributed by atoms with Gasteiger partial charge in [0.05, 0.1) is 16.8 Å². The van der Waals surface area contributed by atoms with Crippen molar-refractivity contribution in [1.82, 2.24) is 10.3 Å². The van der Waals surface area contributed by atoms with Gasteiger partial charge in [0.25, 0.3) is 11.8 Å². The molecule has 0 atom stereocenters. The summed E-state index contributed by atoms with van der Waals surface area (Å²) >= 11 is 0. The summed E-state index contributed by atoms with van der Waals surface area (Å²) in [5.41, 5.74) is 11.2. The molecule has 160 valence electrons. The van der Waals surface area contributed by atoms with Crippen LogP contribution in [0.5, 0.6) is 5.75 Å². The van der Waals surface area contributed by atoms with E-state index in [4.69, 9.17) is 16.2 Å². The number of pyridine rings is 1. The van der Waals surface area contributed by atoms with Gasteiger partial charge in [-0.25, -0.2) is 0 Å². The van der Waals surface area contributed by atoms with Crippen LogP contribution in [-0.2, 0) is 0 Å². The second-order valence-corrected chi connectivity index (χ2v) is 8.62. The van der Waals surface area contributed by atoms with E-state index in [0.717, 1.165) is 0 Å². The fourth-order valence-corrected chi connectivity index (χ4v) is 3.61. The molecule has 1 aromatic carbocycles. The molecule has 0 unspecified atom stereocenters. The molecule has 0 radical (unpaired) electrons. The molecular weight excluding hydrogens is 412 g/mol. The second kappa shape index (κ2) is 7.82. The summed E-state index contributed by atoms with van der Waals surface area (Å²) in [6.45, 7) is 3.57. The number of amidine groups is 1. The van der Waals surface area contributed by atoms with E-state index in [1.165, 1.54) is 18.3 Å². The van der Waals surface area contributed by atoms with Gasteiger partial charge in [-0.05, 0) is 49.1 Å². The zero-order valence-electron chi connectivity index (χ0n) is 16.2. The van der Waals surface area contributed by atoms with Crippen LogP contribution in [0.2, 0.25) is 0 Å². The van der Waals surface area contributed by atoms with E-state index in [0.29, 0.717) is 17.0 Å². The Kier molecular flexibility index (Phi) is 5.57. The molecule has 12 heteroatoms. The quantitative estimate of drug-likeness (QED) is 0.394. The van der Waals surface area contributed by atoms with Crippen LogP contribution in [0, 0.1) is 0 Å². The molecule has 2 heterocycles. The van der Waals surface area contributed by atoms with Gasteiger partial charge in [-0.1, -0.05) is 6.07 Å². The molecule has 11 nitrogen and oxygen atoms in total. The van der Waals surface area contributed by atoms with E-state index in [2.05, 4.69) is 19.4 Å². The summed E-state index contributed by atoms with van der Waals surface area (Å²) < 4.78 is 31.5. The molecule has 30 heavy (non-hydrogen) atoms. The number of nitrogens with two attached hydrogens (primary N) is 2. The predicted octanol–water partition coefficient (Wildman–Crippen LogP) is 1.48. The number of aromatic nitrogens is 1. The summed E-state index contributed by atoms with van der Waals surface area (Å²) in [5.74, 6) is -0.874. The van der Waals surface area contributed by atoms with Crippen LogP contribution in [0.25, 0.3) is 0 Å². The average molecular weight is 434 g/mol. The Morgan fingerprint density at radius 2 is 2.03 bits per heavy atom. The second-order valence-electron chi connectivity index (χ2n) is 7.20. The van der Waals surface area contributed by atoms with E-state index in [1.807, 2.05) is 0 Å². The molecule has 0 spiro atoms. The Balaban J connectivity index is 1.73. The highest BCUT2D eigenvalue weighted by Crippen LogP contribution is 2.46. The molecule has 3 rings (SSSR count). The number of rotatable bonds is 6. The first-order valence-corrected chi connectivity index (χ1v) is 10.2. The van der Waals surface area contributed by atoms with E-state index in [-0.39, 0.29) is 23.7 Å². The Labute approximate surface area is 174 Å². The molecule has 0 aliphatic carbocycles. The molecule has 2 aromatic rings. The van der Waals surface area contributed by atoms with Crippen LogP contribution in [-0.4, -0.2) is 43.9 Å². The fraction of sp³-hybridized carbons (Fsp3) is 0.222. The van der Waals surface area contributed by atoms with Crippen LogP contribution in [0.1, 0.15) is 40.3 Å². The number of carbonyl (C=O) groups is 2. The maximum Gasteiger partial charge on any atom is 0.267 e. The van der Waals surface area contributed by atoms with Crippen molar-refractivity contribution >= 4 is 34.3 Å². The topological polar surface area (TPSA) is 185 Å². The van der Waals surface area contributed by atoms with Crippen molar-refractivity contribution < 1.29 is 23.4 Å². The van der Waals surface area contributed by atoms with Gasteiger partial charge in [-0.15, -0.1) is 4.40 Å². The van der Waals surface area contributed by atoms with Gasteiger partial charge in [0, 0.05) is 11.8 Å². The first-order chi connectivity index (χ1) is 14.0. The van der Waals surface area contributed by atoms with Gasteiger partial charge < -0.3 is 21.5 Å². The fourth-order valence-electron chi connectivity index (χ4n) is 2.73. The molecule has 0 fully saturated rings. The van der Waals surface area contributed by atoms with Gasteiger partial charge in [0.2, 0.25) is 0 Å². The monoisotopic (exact) mass is 434 g/mol. The third-order valence-corrected chi connectivity index (χ3v) is 5.01. The number of primary amides is 1. The summed E-state index contributed by atoms with van der Waals surface area (Å²) in [4.78, 5) is 27.6. The average Bonchev–Trinajstić information content (AvgIpc) is 2.65. The summed E-state index contributed by atoms with van der Waals surface area (Å²) in [6, 6.07) is 7.70. The first-order valence-electron chi connectivity index (χ1n) is 8.73. The third-order valence-electron chi connectivity index (χ3n) is 4.07. The number of hydrogen-bond donors (Lipinski definition) is 6. The van der Waals surface area contributed by atoms with E-state index in [9.17, 15) is 18.7 Å². The summed E-state index contributed by atoms with van der Waals surface area (Å²) in [7, 11) is -3.40. The van der Waals surface area contributed by atoms with Crippen molar-refractivity contribution in [3.05, 3.63) is 53.3 Å². The number of carbonyl (C=O) groups excluding carboxylic acids is 2. The van der Waals surface area contributed by atoms with Gasteiger partial charge in [-0.3, -0.25) is 28.4 Å². The molecule has 1 aliphatic rings. The smallest absolute Gasteiger partial charge is 0.267 e. The van der Waals surface area contributed by atoms with Gasteiger partial charge in [-0.2, -0.15) is 0 Å². The maximum atomic E-state index is 12.6. The largest absolute Gasteiger partial charge is 0.490 e. The van der Waals surface area contributed by atoms with Crippen LogP contribution in [0.15, 0.2) is 40.9 Å². The Hall–Kier alpha value is -3.35. The molecular formula is C18H22N6O5S. The summed E-state index contributed by atoms with van der Waals surface area (Å²) in [5, 5.41) is 2.82. The third kappa shape index (κ3) is 4.79. The zero-order valence-corrected chi connectivity index (χ0v) is 17.1. The Morgan fingerprint density at radius 1 is 1.30 bits per heavy atom. The minimum absolute atomic E-state index is 0.0131. The van der Waals surface area contributed by atoms with Crippen molar-refractivity contribution in [1.29, 1.82) is 0 Å². The van der Waals surface area contributed by atoms with Gasteiger partial charge in [0.15, 0.2) is 5.84 Å². The van der Waals surface area contributed by atoms with Crippen molar-refractivity contribution in [3.8, 4) is 5.75 Å². The highest BCUT2D eigenvalue weighted by atomic mass is 32.3. The molecule has 0 bridgehead atoms. The van der Waals surface area contributed by atoms with Crippen molar-refractivity contribution in [2.45, 2.75) is 19.4 Å². The minimum Gasteiger partial charge on any atom is -0.490 e. The number of benzene rings is 1. The first kappa shape index (κ1) is 21.4. The van der Waals surface area contributed by atoms with E-state index < -0.39 is 28.3 Å². The lowest BCUT2D eigenvalue weighted by atomic mass is 10.1. The molecule has 1 aromatic heterocycles. The summed E-state index contributed by atoms with van der Waals surface area (Å²) in [6.07, 6.45) is 1.33. The highest BCUT2D eigenvalue weighted by Gasteiger charge is 2.27. The standard InChI is InChI=1S/C18H22N6O5S/c1-18(2,22-17(26)10-6-7-21-12(8-10)16(20)25)9-29-13-5-3-4-11-14(13)15(19)24-30(27,28)23-11/h3-8,23,27-28H,9H2,1-2H3,(H2,19,24)(H2,20,25)(H,22,26). The maximum absolute atomic E-state index is 12.6. The highest BCUT2D eigenvalue weighted by molar-refractivity contribution is 8.24. The van der Waals surface area contributed by atoms with Crippen LogP contribution < -0.4 is 26.2 Å². The van der Waals surface area contributed by atoms with Crippen molar-refractivity contribution in [2.75, 3.05) is 11.3 Å². The van der Waals surface area contributed by atoms with Crippen LogP contribution in [0.3, 0.4) is 0 Å². The molecule has 2 amide bonds. The van der Waals surface area contributed by atoms with Crippen LogP contribution in [0.4, 0.5) is 5.69 Å². The molecule has 8 N–H and O–H groups in total. The number of amides is 2. The lowest BCUT2D eigenvalue weighted by molar-refractivity contribution is 0.0880. The van der Waals surface area contributed by atoms with E-state index in [1.54, 1.807) is 32.0 Å². The number of anilines is 1. The number of nitrogens with one attached hydrogen (secondary N) is 2. The minimum atomic E-state index is -3.40. The number of hydrogen-bond acceptors (Lipinski definition) is 9. The predicted molar refractivity (Wildman–Crippen MR) is 113 cm³/mol. The lowest BCUT2D eigenvalue weighted by Crippen LogP contribution is -2.48. The molecule has 0 saturated heterocycles. The normalized spacial score (nSPS) is 15.8. The Morgan fingerprint density at radius 3 is 2.73 bits per heavy atom.